The maximum absolute atomic E-state index is 4.48. The van der Waals surface area contributed by atoms with E-state index in [2.05, 4.69) is 20.4 Å². The fourth-order valence-corrected chi connectivity index (χ4v) is 2.71. The predicted molar refractivity (Wildman–Crippen MR) is 92.6 cm³/mol. The Balaban J connectivity index is 2.07. The third-order valence-electron chi connectivity index (χ3n) is 4.00. The highest BCUT2D eigenvalue weighted by molar-refractivity contribution is 5.81. The van der Waals surface area contributed by atoms with Crippen molar-refractivity contribution in [2.75, 3.05) is 0 Å². The van der Waals surface area contributed by atoms with Gasteiger partial charge in [-0.2, -0.15) is 10.2 Å². The van der Waals surface area contributed by atoms with E-state index in [-0.39, 0.29) is 0 Å². The molecule has 0 N–H and O–H groups in total. The van der Waals surface area contributed by atoms with Crippen molar-refractivity contribution in [3.63, 3.8) is 0 Å². The van der Waals surface area contributed by atoms with Gasteiger partial charge in [0, 0.05) is 35.6 Å². The quantitative estimate of drug-likeness (QED) is 0.503. The van der Waals surface area contributed by atoms with E-state index >= 15 is 0 Å². The van der Waals surface area contributed by atoms with Crippen LogP contribution in [-0.4, -0.2) is 19.6 Å². The van der Waals surface area contributed by atoms with E-state index in [1.54, 1.807) is 9.36 Å². The topological polar surface area (TPSA) is 60.4 Å². The molecule has 6 nitrogen and oxygen atoms in total. The highest BCUT2D eigenvalue weighted by Gasteiger charge is 2.00. The summed E-state index contributed by atoms with van der Waals surface area (Å²) in [4.78, 5) is 0. The lowest BCUT2D eigenvalue weighted by Gasteiger charge is -2.03. The van der Waals surface area contributed by atoms with E-state index in [4.69, 9.17) is 0 Å². The minimum absolute atomic E-state index is 0.709. The molecule has 0 amide bonds. The lowest BCUT2D eigenvalue weighted by atomic mass is 10.2. The Morgan fingerprint density at radius 2 is 1.08 bits per heavy atom. The summed E-state index contributed by atoms with van der Waals surface area (Å²) in [5.41, 5.74) is 1.42. The van der Waals surface area contributed by atoms with Gasteiger partial charge in [0.25, 0.3) is 0 Å². The van der Waals surface area contributed by atoms with E-state index in [0.717, 1.165) is 21.5 Å². The van der Waals surface area contributed by atoms with Gasteiger partial charge in [-0.25, -0.2) is 9.36 Å². The second-order valence-electron chi connectivity index (χ2n) is 5.56. The van der Waals surface area contributed by atoms with E-state index in [9.17, 15) is 0 Å². The number of aryl methyl sites for hydroxylation is 2. The molecule has 2 aromatic heterocycles. The van der Waals surface area contributed by atoms with Crippen molar-refractivity contribution in [2.45, 2.75) is 0 Å². The van der Waals surface area contributed by atoms with Crippen molar-refractivity contribution in [3.05, 3.63) is 71.9 Å². The van der Waals surface area contributed by atoms with E-state index in [1.165, 1.54) is 0 Å². The van der Waals surface area contributed by atoms with Crippen LogP contribution in [0.2, 0.25) is 0 Å². The number of nitrogens with zero attached hydrogens (tertiary/aromatic N) is 6. The van der Waals surface area contributed by atoms with Crippen LogP contribution in [0.3, 0.4) is 0 Å². The Kier molecular flexibility index (Phi) is 3.42. The molecule has 4 aromatic rings. The fourth-order valence-electron chi connectivity index (χ4n) is 2.71. The summed E-state index contributed by atoms with van der Waals surface area (Å²) < 4.78 is 3.45. The first-order valence-electron chi connectivity index (χ1n) is 7.64. The van der Waals surface area contributed by atoms with Crippen LogP contribution in [0.4, 0.5) is 0 Å². The third kappa shape index (κ3) is 2.38. The standard InChI is InChI=1S/C18H16N6/c1-23-17(15-9-5-3-7-13(15)11-19-23)21-22-18-16-10-6-4-8-14(16)12-20-24(18)2/h3-12H,1-2H3/b21-17-,22-18+. The Bertz CT molecular complexity index is 1090. The van der Waals surface area contributed by atoms with Gasteiger partial charge in [0.15, 0.2) is 11.0 Å². The molecule has 0 aliphatic heterocycles. The van der Waals surface area contributed by atoms with Gasteiger partial charge in [0.05, 0.1) is 12.4 Å². The lowest BCUT2D eigenvalue weighted by Crippen LogP contribution is -2.23. The highest BCUT2D eigenvalue weighted by atomic mass is 15.3. The van der Waals surface area contributed by atoms with Crippen molar-refractivity contribution in [1.82, 2.24) is 19.6 Å². The third-order valence-corrected chi connectivity index (χ3v) is 4.00. The van der Waals surface area contributed by atoms with Gasteiger partial charge in [-0.15, -0.1) is 10.2 Å². The molecule has 0 fully saturated rings. The second kappa shape index (κ2) is 5.73. The molecule has 0 saturated heterocycles. The van der Waals surface area contributed by atoms with Gasteiger partial charge in [-0.05, 0) is 0 Å². The fraction of sp³-hybridized carbons (Fsp3) is 0.111. The van der Waals surface area contributed by atoms with Crippen LogP contribution in [0.1, 0.15) is 0 Å². The van der Waals surface area contributed by atoms with Crippen LogP contribution in [0.5, 0.6) is 0 Å². The Hall–Kier alpha value is -3.28. The molecule has 0 aliphatic carbocycles. The van der Waals surface area contributed by atoms with Crippen molar-refractivity contribution in [3.8, 4) is 0 Å². The molecule has 0 radical (unpaired) electrons. The Morgan fingerprint density at radius 3 is 1.54 bits per heavy atom. The lowest BCUT2D eigenvalue weighted by molar-refractivity contribution is 0.671. The van der Waals surface area contributed by atoms with Crippen molar-refractivity contribution >= 4 is 21.5 Å². The second-order valence-corrected chi connectivity index (χ2v) is 5.56. The summed E-state index contributed by atoms with van der Waals surface area (Å²) in [5, 5.41) is 21.7. The molecule has 2 heterocycles. The van der Waals surface area contributed by atoms with Crippen molar-refractivity contribution in [1.29, 1.82) is 0 Å². The zero-order valence-corrected chi connectivity index (χ0v) is 13.5. The molecule has 0 unspecified atom stereocenters. The van der Waals surface area contributed by atoms with Gasteiger partial charge in [-0.3, -0.25) is 0 Å². The molecule has 6 heteroatoms. The summed E-state index contributed by atoms with van der Waals surface area (Å²) in [6, 6.07) is 16.0. The first-order valence-corrected chi connectivity index (χ1v) is 7.64. The normalized spacial score (nSPS) is 13.1. The van der Waals surface area contributed by atoms with Crippen LogP contribution in [-0.2, 0) is 14.1 Å². The monoisotopic (exact) mass is 316 g/mol. The first-order chi connectivity index (χ1) is 11.7. The smallest absolute Gasteiger partial charge is 0.179 e. The summed E-state index contributed by atoms with van der Waals surface area (Å²) >= 11 is 0. The summed E-state index contributed by atoms with van der Waals surface area (Å²) in [6.45, 7) is 0. The Labute approximate surface area is 138 Å². The number of hydrogen-bond acceptors (Lipinski definition) is 4. The van der Waals surface area contributed by atoms with Crippen LogP contribution in [0.15, 0.2) is 71.1 Å². The van der Waals surface area contributed by atoms with Gasteiger partial charge in [-0.1, -0.05) is 48.5 Å². The zero-order valence-electron chi connectivity index (χ0n) is 13.5. The SMILES string of the molecule is Cn1ncc2ccccc2/c1=N/N=c1\c2ccccc2cnn1C. The molecule has 4 rings (SSSR count). The van der Waals surface area contributed by atoms with Gasteiger partial charge in [0.2, 0.25) is 0 Å². The van der Waals surface area contributed by atoms with Gasteiger partial charge < -0.3 is 0 Å². The molecular formula is C18H16N6. The molecule has 0 spiro atoms. The molecule has 24 heavy (non-hydrogen) atoms. The minimum Gasteiger partial charge on any atom is -0.249 e. The molecule has 2 aromatic carbocycles. The number of fused-ring (bicyclic) bond motifs is 2. The van der Waals surface area contributed by atoms with Crippen LogP contribution < -0.4 is 11.0 Å². The molecule has 0 atom stereocenters. The summed E-state index contributed by atoms with van der Waals surface area (Å²) in [5.74, 6) is 0. The van der Waals surface area contributed by atoms with E-state index in [0.29, 0.717) is 11.0 Å². The predicted octanol–water partition coefficient (Wildman–Crippen LogP) is 1.88. The van der Waals surface area contributed by atoms with Crippen LogP contribution >= 0.6 is 0 Å². The van der Waals surface area contributed by atoms with Crippen molar-refractivity contribution in [2.24, 2.45) is 24.3 Å². The molecule has 0 aliphatic rings. The molecule has 0 bridgehead atoms. The molecule has 118 valence electrons. The van der Waals surface area contributed by atoms with Crippen molar-refractivity contribution < 1.29 is 0 Å². The highest BCUT2D eigenvalue weighted by Crippen LogP contribution is 2.07. The summed E-state index contributed by atoms with van der Waals surface area (Å²) in [7, 11) is 3.73. The average Bonchev–Trinajstić information content (AvgIpc) is 2.62. The number of benzene rings is 2. The Morgan fingerprint density at radius 1 is 0.667 bits per heavy atom. The maximum Gasteiger partial charge on any atom is 0.179 e. The largest absolute Gasteiger partial charge is 0.249 e. The molecular weight excluding hydrogens is 300 g/mol. The summed E-state index contributed by atoms with van der Waals surface area (Å²) in [6.07, 6.45) is 3.65. The maximum atomic E-state index is 4.48. The van der Waals surface area contributed by atoms with Gasteiger partial charge in [0.1, 0.15) is 0 Å². The number of hydrogen-bond donors (Lipinski definition) is 0. The van der Waals surface area contributed by atoms with Gasteiger partial charge >= 0.3 is 0 Å². The number of aromatic nitrogens is 4. The number of rotatable bonds is 1. The van der Waals surface area contributed by atoms with Crippen LogP contribution in [0, 0.1) is 0 Å². The zero-order chi connectivity index (χ0) is 16.5. The van der Waals surface area contributed by atoms with Crippen LogP contribution in [0.25, 0.3) is 21.5 Å². The van der Waals surface area contributed by atoms with E-state index < -0.39 is 0 Å². The van der Waals surface area contributed by atoms with E-state index in [1.807, 2.05) is 75.0 Å². The minimum atomic E-state index is 0.709. The first kappa shape index (κ1) is 14.3. The molecule has 0 saturated carbocycles. The average molecular weight is 316 g/mol.